The highest BCUT2D eigenvalue weighted by Crippen LogP contribution is 2.48. The van der Waals surface area contributed by atoms with Crippen molar-refractivity contribution in [1.29, 1.82) is 0 Å². The van der Waals surface area contributed by atoms with E-state index in [1.165, 1.54) is 20.1 Å². The molecular formula is C22H25BrClFO4. The van der Waals surface area contributed by atoms with E-state index in [0.717, 1.165) is 6.42 Å². The molecule has 0 spiro atoms. The van der Waals surface area contributed by atoms with Crippen LogP contribution in [0.5, 0.6) is 17.2 Å². The molecule has 0 heterocycles. The van der Waals surface area contributed by atoms with E-state index in [2.05, 4.69) is 15.9 Å². The summed E-state index contributed by atoms with van der Waals surface area (Å²) in [7, 11) is 1.49. The van der Waals surface area contributed by atoms with Gasteiger partial charge in [-0.05, 0) is 50.3 Å². The molecule has 158 valence electrons. The molecule has 0 N–H and O–H groups in total. The van der Waals surface area contributed by atoms with Crippen molar-refractivity contribution in [2.24, 2.45) is 0 Å². The lowest BCUT2D eigenvalue weighted by Crippen LogP contribution is -2.11. The lowest BCUT2D eigenvalue weighted by Gasteiger charge is -2.21. The van der Waals surface area contributed by atoms with Gasteiger partial charge in [-0.3, -0.25) is 4.79 Å². The molecule has 0 fully saturated rings. The quantitative estimate of drug-likeness (QED) is 0.216. The molecule has 0 saturated carbocycles. The molecule has 0 aliphatic heterocycles. The fourth-order valence-electron chi connectivity index (χ4n) is 3.08. The zero-order valence-electron chi connectivity index (χ0n) is 16.8. The molecule has 0 bridgehead atoms. The summed E-state index contributed by atoms with van der Waals surface area (Å²) in [6.07, 6.45) is 2.06. The number of methoxy groups -OCH3 is 1. The number of halogens is 3. The molecule has 29 heavy (non-hydrogen) atoms. The molecule has 2 aromatic rings. The summed E-state index contributed by atoms with van der Waals surface area (Å²) in [6, 6.07) is 6.74. The largest absolute Gasteiger partial charge is 0.491 e. The van der Waals surface area contributed by atoms with E-state index >= 15 is 0 Å². The highest BCUT2D eigenvalue weighted by molar-refractivity contribution is 9.09. The van der Waals surface area contributed by atoms with Crippen molar-refractivity contribution >= 4 is 33.3 Å². The SMILES string of the molecule is COc1c(Cl)c(C)c(C(C)=O)c(OCCBr)c1OCCCCc1ccccc1F. The van der Waals surface area contributed by atoms with E-state index in [4.69, 9.17) is 25.8 Å². The molecule has 0 saturated heterocycles. The van der Waals surface area contributed by atoms with E-state index in [9.17, 15) is 9.18 Å². The van der Waals surface area contributed by atoms with Crippen molar-refractivity contribution in [2.75, 3.05) is 25.7 Å². The van der Waals surface area contributed by atoms with Gasteiger partial charge in [-0.2, -0.15) is 0 Å². The number of rotatable bonds is 11. The van der Waals surface area contributed by atoms with Crippen LogP contribution in [-0.4, -0.2) is 31.4 Å². The summed E-state index contributed by atoms with van der Waals surface area (Å²) in [6.45, 7) is 3.92. The van der Waals surface area contributed by atoms with Gasteiger partial charge in [-0.25, -0.2) is 4.39 Å². The minimum Gasteiger partial charge on any atom is -0.491 e. The van der Waals surface area contributed by atoms with Gasteiger partial charge in [-0.15, -0.1) is 0 Å². The molecule has 0 unspecified atom stereocenters. The van der Waals surface area contributed by atoms with Crippen LogP contribution in [0.15, 0.2) is 24.3 Å². The number of benzene rings is 2. The average molecular weight is 488 g/mol. The van der Waals surface area contributed by atoms with Crippen molar-refractivity contribution < 1.29 is 23.4 Å². The highest BCUT2D eigenvalue weighted by Gasteiger charge is 2.26. The van der Waals surface area contributed by atoms with E-state index in [0.29, 0.717) is 70.3 Å². The second-order valence-corrected chi connectivity index (χ2v) is 7.67. The van der Waals surface area contributed by atoms with Crippen LogP contribution in [-0.2, 0) is 6.42 Å². The van der Waals surface area contributed by atoms with Crippen LogP contribution in [0, 0.1) is 12.7 Å². The summed E-state index contributed by atoms with van der Waals surface area (Å²) >= 11 is 9.75. The zero-order chi connectivity index (χ0) is 21.4. The number of unbranched alkanes of at least 4 members (excludes halogenated alkanes) is 1. The number of ether oxygens (including phenoxy) is 3. The van der Waals surface area contributed by atoms with Crippen LogP contribution >= 0.6 is 27.5 Å². The number of aryl methyl sites for hydroxylation is 1. The zero-order valence-corrected chi connectivity index (χ0v) is 19.2. The number of Topliss-reactive ketones (excluding diaryl/α,β-unsaturated/α-hetero) is 1. The van der Waals surface area contributed by atoms with Crippen LogP contribution in [0.25, 0.3) is 0 Å². The summed E-state index contributed by atoms with van der Waals surface area (Å²) < 4.78 is 30.9. The van der Waals surface area contributed by atoms with Gasteiger partial charge in [0.2, 0.25) is 5.75 Å². The molecule has 2 rings (SSSR count). The summed E-state index contributed by atoms with van der Waals surface area (Å²) in [5.74, 6) is 0.635. The molecule has 7 heteroatoms. The summed E-state index contributed by atoms with van der Waals surface area (Å²) in [4.78, 5) is 12.2. The first-order valence-corrected chi connectivity index (χ1v) is 10.9. The van der Waals surface area contributed by atoms with Gasteiger partial charge in [0.05, 0.1) is 30.9 Å². The maximum absolute atomic E-state index is 13.7. The van der Waals surface area contributed by atoms with Crippen molar-refractivity contribution in [1.82, 2.24) is 0 Å². The van der Waals surface area contributed by atoms with E-state index in [1.807, 2.05) is 6.07 Å². The fraction of sp³-hybridized carbons (Fsp3) is 0.409. The number of hydrogen-bond donors (Lipinski definition) is 0. The second-order valence-electron chi connectivity index (χ2n) is 6.50. The molecule has 0 radical (unpaired) electrons. The van der Waals surface area contributed by atoms with Gasteiger partial charge >= 0.3 is 0 Å². The predicted octanol–water partition coefficient (Wildman–Crippen LogP) is 6.17. The van der Waals surface area contributed by atoms with Gasteiger partial charge in [0.15, 0.2) is 17.3 Å². The Hall–Kier alpha value is -1.79. The standard InChI is InChI=1S/C22H25BrClFO4/c1-14-18(15(2)26)20(29-13-11-23)22(21(27-3)19(14)24)28-12-7-6-9-16-8-4-5-10-17(16)25/h4-5,8,10H,6-7,9,11-13H2,1-3H3. The Balaban J connectivity index is 2.18. The number of carbonyl (C=O) groups excluding carboxylic acids is 1. The van der Waals surface area contributed by atoms with E-state index < -0.39 is 0 Å². The molecule has 0 aromatic heterocycles. The lowest BCUT2D eigenvalue weighted by atomic mass is 10.0. The molecule has 2 aromatic carbocycles. The third-order valence-corrected chi connectivity index (χ3v) is 5.25. The smallest absolute Gasteiger partial charge is 0.205 e. The second kappa shape index (κ2) is 11.4. The van der Waals surface area contributed by atoms with Crippen LogP contribution in [0.1, 0.15) is 41.3 Å². The first-order chi connectivity index (χ1) is 13.9. The summed E-state index contributed by atoms with van der Waals surface area (Å²) in [5, 5.41) is 0.918. The van der Waals surface area contributed by atoms with Gasteiger partial charge in [0, 0.05) is 5.33 Å². The number of ketones is 1. The van der Waals surface area contributed by atoms with Gasteiger partial charge in [-0.1, -0.05) is 45.7 Å². The molecular weight excluding hydrogens is 463 g/mol. The van der Waals surface area contributed by atoms with Crippen molar-refractivity contribution in [3.63, 3.8) is 0 Å². The molecule has 0 amide bonds. The third-order valence-electron chi connectivity index (χ3n) is 4.47. The van der Waals surface area contributed by atoms with Crippen LogP contribution in [0.3, 0.4) is 0 Å². The third kappa shape index (κ3) is 5.86. The Bertz CT molecular complexity index is 857. The first kappa shape index (κ1) is 23.5. The van der Waals surface area contributed by atoms with Gasteiger partial charge in [0.25, 0.3) is 0 Å². The van der Waals surface area contributed by atoms with Crippen LogP contribution < -0.4 is 14.2 Å². The van der Waals surface area contributed by atoms with Crippen molar-refractivity contribution in [3.8, 4) is 17.2 Å². The fourth-order valence-corrected chi connectivity index (χ4v) is 3.49. The molecule has 0 aliphatic carbocycles. The van der Waals surface area contributed by atoms with Crippen molar-refractivity contribution in [3.05, 3.63) is 51.8 Å². The Kier molecular flexibility index (Phi) is 9.24. The maximum Gasteiger partial charge on any atom is 0.205 e. The molecule has 4 nitrogen and oxygen atoms in total. The van der Waals surface area contributed by atoms with Crippen LogP contribution in [0.2, 0.25) is 5.02 Å². The average Bonchev–Trinajstić information content (AvgIpc) is 2.70. The summed E-state index contributed by atoms with van der Waals surface area (Å²) in [5.41, 5.74) is 1.66. The number of hydrogen-bond acceptors (Lipinski definition) is 4. The lowest BCUT2D eigenvalue weighted by molar-refractivity contribution is 0.101. The van der Waals surface area contributed by atoms with Gasteiger partial charge < -0.3 is 14.2 Å². The molecule has 0 aliphatic rings. The van der Waals surface area contributed by atoms with Crippen LogP contribution in [0.4, 0.5) is 4.39 Å². The monoisotopic (exact) mass is 486 g/mol. The van der Waals surface area contributed by atoms with E-state index in [-0.39, 0.29) is 11.6 Å². The number of carbonyl (C=O) groups is 1. The number of alkyl halides is 1. The van der Waals surface area contributed by atoms with E-state index in [1.54, 1.807) is 19.1 Å². The Morgan fingerprint density at radius 3 is 2.41 bits per heavy atom. The Morgan fingerprint density at radius 2 is 1.79 bits per heavy atom. The minimum absolute atomic E-state index is 0.166. The Morgan fingerprint density at radius 1 is 1.10 bits per heavy atom. The first-order valence-electron chi connectivity index (χ1n) is 9.38. The Labute approximate surface area is 184 Å². The minimum atomic E-state index is -0.197. The molecule has 0 atom stereocenters. The van der Waals surface area contributed by atoms with Crippen molar-refractivity contribution in [2.45, 2.75) is 33.1 Å². The topological polar surface area (TPSA) is 44.8 Å². The predicted molar refractivity (Wildman–Crippen MR) is 117 cm³/mol. The normalized spacial score (nSPS) is 10.7. The highest BCUT2D eigenvalue weighted by atomic mass is 79.9. The maximum atomic E-state index is 13.7. The van der Waals surface area contributed by atoms with Gasteiger partial charge in [0.1, 0.15) is 5.82 Å².